The molecule has 1 aliphatic heterocycles. The summed E-state index contributed by atoms with van der Waals surface area (Å²) in [7, 11) is 0. The first-order chi connectivity index (χ1) is 8.66. The summed E-state index contributed by atoms with van der Waals surface area (Å²) in [6, 6.07) is 0.862. The van der Waals surface area contributed by atoms with E-state index < -0.39 is 0 Å². The van der Waals surface area contributed by atoms with Crippen LogP contribution in [0.1, 0.15) is 58.8 Å². The monoisotopic (exact) mass is 252 g/mol. The molecule has 0 aromatic carbocycles. The van der Waals surface area contributed by atoms with Crippen LogP contribution < -0.4 is 5.32 Å². The average molecular weight is 252 g/mol. The lowest BCUT2D eigenvalue weighted by Gasteiger charge is -2.30. The van der Waals surface area contributed by atoms with E-state index in [-0.39, 0.29) is 0 Å². The molecule has 1 saturated carbocycles. The van der Waals surface area contributed by atoms with Gasteiger partial charge in [0.1, 0.15) is 0 Å². The van der Waals surface area contributed by atoms with Gasteiger partial charge in [0.2, 0.25) is 5.91 Å². The van der Waals surface area contributed by atoms with Crippen LogP contribution in [-0.2, 0) is 4.79 Å². The van der Waals surface area contributed by atoms with Crippen LogP contribution in [-0.4, -0.2) is 36.0 Å². The molecule has 0 aromatic heterocycles. The average Bonchev–Trinajstić information content (AvgIpc) is 2.97. The van der Waals surface area contributed by atoms with Crippen LogP contribution in [0.2, 0.25) is 0 Å². The highest BCUT2D eigenvalue weighted by molar-refractivity contribution is 5.76. The van der Waals surface area contributed by atoms with Crippen molar-refractivity contribution in [3.8, 4) is 0 Å². The summed E-state index contributed by atoms with van der Waals surface area (Å²) in [6.45, 7) is 6.31. The number of amides is 1. The fourth-order valence-electron chi connectivity index (χ4n) is 3.33. The Kier molecular flexibility index (Phi) is 5.04. The van der Waals surface area contributed by atoms with Crippen molar-refractivity contribution in [2.75, 3.05) is 13.1 Å². The highest BCUT2D eigenvalue weighted by Gasteiger charge is 2.26. The van der Waals surface area contributed by atoms with Crippen LogP contribution in [0.25, 0.3) is 0 Å². The van der Waals surface area contributed by atoms with E-state index in [9.17, 15) is 4.79 Å². The molecule has 0 radical (unpaired) electrons. The molecular formula is C15H28N2O. The molecule has 0 spiro atoms. The Morgan fingerprint density at radius 1 is 1.22 bits per heavy atom. The fraction of sp³-hybridized carbons (Fsp3) is 0.933. The standard InChI is InChI=1S/C15H28N2O/c1-12(2)17(11-14-8-5-9-16-14)15(18)10-13-6-3-4-7-13/h12-14,16H,3-11H2,1-2H3. The quantitative estimate of drug-likeness (QED) is 0.815. The summed E-state index contributed by atoms with van der Waals surface area (Å²) < 4.78 is 0. The van der Waals surface area contributed by atoms with Crippen molar-refractivity contribution in [3.05, 3.63) is 0 Å². The predicted molar refractivity (Wildman–Crippen MR) is 74.4 cm³/mol. The normalized spacial score (nSPS) is 24.9. The van der Waals surface area contributed by atoms with Gasteiger partial charge in [0.15, 0.2) is 0 Å². The fourth-order valence-corrected chi connectivity index (χ4v) is 3.33. The van der Waals surface area contributed by atoms with E-state index >= 15 is 0 Å². The molecule has 0 aromatic rings. The van der Waals surface area contributed by atoms with Crippen LogP contribution in [0.5, 0.6) is 0 Å². The SMILES string of the molecule is CC(C)N(CC1CCCN1)C(=O)CC1CCCC1. The van der Waals surface area contributed by atoms with Crippen molar-refractivity contribution in [1.29, 1.82) is 0 Å². The third-order valence-corrected chi connectivity index (χ3v) is 4.46. The second-order valence-corrected chi connectivity index (χ2v) is 6.29. The first-order valence-electron chi connectivity index (χ1n) is 7.69. The maximum absolute atomic E-state index is 12.4. The summed E-state index contributed by atoms with van der Waals surface area (Å²) in [4.78, 5) is 14.5. The second kappa shape index (κ2) is 6.55. The first kappa shape index (κ1) is 13.9. The number of rotatable bonds is 5. The zero-order valence-electron chi connectivity index (χ0n) is 12.0. The van der Waals surface area contributed by atoms with Gasteiger partial charge >= 0.3 is 0 Å². The van der Waals surface area contributed by atoms with Gasteiger partial charge in [-0.25, -0.2) is 0 Å². The Morgan fingerprint density at radius 2 is 1.94 bits per heavy atom. The number of nitrogens with one attached hydrogen (secondary N) is 1. The van der Waals surface area contributed by atoms with Gasteiger partial charge in [-0.15, -0.1) is 0 Å². The number of carbonyl (C=O) groups is 1. The molecule has 1 amide bonds. The summed E-state index contributed by atoms with van der Waals surface area (Å²) in [5.41, 5.74) is 0. The molecule has 1 aliphatic carbocycles. The highest BCUT2D eigenvalue weighted by atomic mass is 16.2. The molecule has 1 unspecified atom stereocenters. The summed E-state index contributed by atoms with van der Waals surface area (Å²) >= 11 is 0. The smallest absolute Gasteiger partial charge is 0.223 e. The Labute approximate surface area is 111 Å². The Hall–Kier alpha value is -0.570. The number of nitrogens with zero attached hydrogens (tertiary/aromatic N) is 1. The van der Waals surface area contributed by atoms with E-state index in [0.717, 1.165) is 19.5 Å². The van der Waals surface area contributed by atoms with E-state index in [1.165, 1.54) is 38.5 Å². The van der Waals surface area contributed by atoms with Crippen molar-refractivity contribution < 1.29 is 4.79 Å². The predicted octanol–water partition coefficient (Wildman–Crippen LogP) is 2.56. The minimum atomic E-state index is 0.335. The van der Waals surface area contributed by atoms with Crippen LogP contribution in [0.4, 0.5) is 0 Å². The van der Waals surface area contributed by atoms with Crippen molar-refractivity contribution in [2.45, 2.75) is 70.9 Å². The van der Waals surface area contributed by atoms with Gasteiger partial charge in [0.05, 0.1) is 0 Å². The molecule has 1 N–H and O–H groups in total. The molecule has 1 saturated heterocycles. The Morgan fingerprint density at radius 3 is 2.50 bits per heavy atom. The van der Waals surface area contributed by atoms with Crippen molar-refractivity contribution >= 4 is 5.91 Å². The number of carbonyl (C=O) groups excluding carboxylic acids is 1. The van der Waals surface area contributed by atoms with Crippen LogP contribution in [0, 0.1) is 5.92 Å². The lowest BCUT2D eigenvalue weighted by molar-refractivity contribution is -0.134. The van der Waals surface area contributed by atoms with Gasteiger partial charge < -0.3 is 10.2 Å². The largest absolute Gasteiger partial charge is 0.339 e. The maximum Gasteiger partial charge on any atom is 0.223 e. The Balaban J connectivity index is 1.84. The van der Waals surface area contributed by atoms with Crippen molar-refractivity contribution in [3.63, 3.8) is 0 Å². The van der Waals surface area contributed by atoms with Crippen molar-refractivity contribution in [2.24, 2.45) is 5.92 Å². The molecule has 3 heteroatoms. The van der Waals surface area contributed by atoms with Gasteiger partial charge in [0, 0.05) is 25.0 Å². The van der Waals surface area contributed by atoms with Crippen molar-refractivity contribution in [1.82, 2.24) is 10.2 Å². The molecular weight excluding hydrogens is 224 g/mol. The maximum atomic E-state index is 12.4. The van der Waals surface area contributed by atoms with Crippen LogP contribution in [0.15, 0.2) is 0 Å². The lowest BCUT2D eigenvalue weighted by Crippen LogP contribution is -2.45. The van der Waals surface area contributed by atoms with Gasteiger partial charge in [-0.1, -0.05) is 12.8 Å². The third-order valence-electron chi connectivity index (χ3n) is 4.46. The van der Waals surface area contributed by atoms with Gasteiger partial charge in [0.25, 0.3) is 0 Å². The van der Waals surface area contributed by atoms with Gasteiger partial charge in [-0.2, -0.15) is 0 Å². The molecule has 18 heavy (non-hydrogen) atoms. The summed E-state index contributed by atoms with van der Waals surface area (Å²) in [5.74, 6) is 1.04. The topological polar surface area (TPSA) is 32.3 Å². The molecule has 3 nitrogen and oxygen atoms in total. The minimum absolute atomic E-state index is 0.335. The molecule has 104 valence electrons. The summed E-state index contributed by atoms with van der Waals surface area (Å²) in [5, 5.41) is 3.50. The molecule has 2 aliphatic rings. The zero-order valence-corrected chi connectivity index (χ0v) is 12.0. The Bertz CT molecular complexity index is 266. The molecule has 0 bridgehead atoms. The molecule has 2 fully saturated rings. The van der Waals surface area contributed by atoms with E-state index in [1.807, 2.05) is 0 Å². The first-order valence-corrected chi connectivity index (χ1v) is 7.69. The minimum Gasteiger partial charge on any atom is -0.339 e. The lowest BCUT2D eigenvalue weighted by atomic mass is 10.0. The summed E-state index contributed by atoms with van der Waals surface area (Å²) in [6.07, 6.45) is 8.44. The molecule has 2 rings (SSSR count). The second-order valence-electron chi connectivity index (χ2n) is 6.29. The molecule has 1 heterocycles. The number of hydrogen-bond acceptors (Lipinski definition) is 2. The van der Waals surface area contributed by atoms with Gasteiger partial charge in [-0.05, 0) is 52.0 Å². The third kappa shape index (κ3) is 3.71. The van der Waals surface area contributed by atoms with Crippen LogP contribution >= 0.6 is 0 Å². The highest BCUT2D eigenvalue weighted by Crippen LogP contribution is 2.28. The number of hydrogen-bond donors (Lipinski definition) is 1. The van der Waals surface area contributed by atoms with E-state index in [2.05, 4.69) is 24.1 Å². The van der Waals surface area contributed by atoms with E-state index in [0.29, 0.717) is 23.9 Å². The van der Waals surface area contributed by atoms with E-state index in [1.54, 1.807) is 0 Å². The van der Waals surface area contributed by atoms with E-state index in [4.69, 9.17) is 0 Å². The van der Waals surface area contributed by atoms with Gasteiger partial charge in [-0.3, -0.25) is 4.79 Å². The zero-order chi connectivity index (χ0) is 13.0. The van der Waals surface area contributed by atoms with Crippen LogP contribution in [0.3, 0.4) is 0 Å². The molecule has 1 atom stereocenters.